The Kier molecular flexibility index (Phi) is 4.49. The van der Waals surface area contributed by atoms with Gasteiger partial charge >= 0.3 is 0 Å². The van der Waals surface area contributed by atoms with Crippen LogP contribution in [0.2, 0.25) is 0 Å². The number of nitriles is 1. The van der Waals surface area contributed by atoms with Crippen molar-refractivity contribution in [1.82, 2.24) is 5.32 Å². The van der Waals surface area contributed by atoms with Crippen LogP contribution in [0.1, 0.15) is 11.1 Å². The van der Waals surface area contributed by atoms with Crippen molar-refractivity contribution in [3.05, 3.63) is 35.1 Å². The molecule has 17 heavy (non-hydrogen) atoms. The Bertz CT molecular complexity index is 429. The summed E-state index contributed by atoms with van der Waals surface area (Å²) in [5.74, 6) is -3.95. The van der Waals surface area contributed by atoms with Gasteiger partial charge in [-0.05, 0) is 6.07 Å². The highest BCUT2D eigenvalue weighted by atomic mass is 19.3. The summed E-state index contributed by atoms with van der Waals surface area (Å²) >= 11 is 0. The van der Waals surface area contributed by atoms with Crippen molar-refractivity contribution >= 4 is 0 Å². The predicted octanol–water partition coefficient (Wildman–Crippen LogP) is 1.41. The van der Waals surface area contributed by atoms with Gasteiger partial charge in [-0.15, -0.1) is 0 Å². The van der Waals surface area contributed by atoms with Crippen LogP contribution in [-0.2, 0) is 6.54 Å². The molecule has 1 aromatic carbocycles. The van der Waals surface area contributed by atoms with Gasteiger partial charge in [0.2, 0.25) is 0 Å². The highest BCUT2D eigenvalue weighted by Crippen LogP contribution is 2.13. The van der Waals surface area contributed by atoms with Gasteiger partial charge in [-0.2, -0.15) is 5.26 Å². The van der Waals surface area contributed by atoms with Crippen LogP contribution in [0.15, 0.2) is 18.2 Å². The molecule has 0 heterocycles. The molecule has 3 nitrogen and oxygen atoms in total. The fourth-order valence-electron chi connectivity index (χ4n) is 1.24. The van der Waals surface area contributed by atoms with E-state index in [4.69, 9.17) is 10.4 Å². The number of halogens is 3. The van der Waals surface area contributed by atoms with E-state index in [-0.39, 0.29) is 17.7 Å². The van der Waals surface area contributed by atoms with E-state index in [2.05, 4.69) is 5.32 Å². The lowest BCUT2D eigenvalue weighted by molar-refractivity contribution is -0.0478. The minimum atomic E-state index is -3.23. The summed E-state index contributed by atoms with van der Waals surface area (Å²) in [4.78, 5) is 0. The van der Waals surface area contributed by atoms with Gasteiger partial charge in [-0.25, -0.2) is 13.2 Å². The first-order valence-corrected chi connectivity index (χ1v) is 4.87. The molecule has 0 atom stereocenters. The van der Waals surface area contributed by atoms with Crippen LogP contribution in [0.25, 0.3) is 0 Å². The van der Waals surface area contributed by atoms with Crippen LogP contribution < -0.4 is 5.32 Å². The van der Waals surface area contributed by atoms with Crippen LogP contribution in [0, 0.1) is 17.1 Å². The first-order valence-electron chi connectivity index (χ1n) is 4.87. The third kappa shape index (κ3) is 3.73. The molecule has 6 heteroatoms. The lowest BCUT2D eigenvalue weighted by atomic mass is 10.1. The van der Waals surface area contributed by atoms with E-state index in [1.165, 1.54) is 18.2 Å². The number of aliphatic hydroxyl groups excluding tert-OH is 1. The lowest BCUT2D eigenvalue weighted by Gasteiger charge is -2.14. The second kappa shape index (κ2) is 5.66. The van der Waals surface area contributed by atoms with Gasteiger partial charge in [-0.1, -0.05) is 12.1 Å². The van der Waals surface area contributed by atoms with Crippen LogP contribution in [-0.4, -0.2) is 24.2 Å². The molecule has 0 amide bonds. The van der Waals surface area contributed by atoms with Gasteiger partial charge in [0.05, 0.1) is 12.1 Å². The van der Waals surface area contributed by atoms with Gasteiger partial charge in [0, 0.05) is 12.1 Å². The molecule has 2 N–H and O–H groups in total. The highest BCUT2D eigenvalue weighted by molar-refractivity contribution is 5.34. The monoisotopic (exact) mass is 244 g/mol. The first kappa shape index (κ1) is 13.5. The topological polar surface area (TPSA) is 56.0 Å². The Morgan fingerprint density at radius 2 is 2.12 bits per heavy atom. The quantitative estimate of drug-likeness (QED) is 0.823. The van der Waals surface area contributed by atoms with Crippen LogP contribution in [0.3, 0.4) is 0 Å². The molecule has 0 aliphatic rings. The maximum Gasteiger partial charge on any atom is 0.282 e. The molecule has 0 unspecified atom stereocenters. The molecule has 0 saturated carbocycles. The van der Waals surface area contributed by atoms with E-state index in [0.717, 1.165) is 0 Å². The summed E-state index contributed by atoms with van der Waals surface area (Å²) in [6.45, 7) is -2.14. The summed E-state index contributed by atoms with van der Waals surface area (Å²) in [6.07, 6.45) is 0. The molecule has 92 valence electrons. The number of rotatable bonds is 5. The van der Waals surface area contributed by atoms with Crippen molar-refractivity contribution in [3.8, 4) is 6.07 Å². The van der Waals surface area contributed by atoms with Gasteiger partial charge in [0.15, 0.2) is 0 Å². The van der Waals surface area contributed by atoms with E-state index in [0.29, 0.717) is 0 Å². The molecule has 1 rings (SSSR count). The van der Waals surface area contributed by atoms with Crippen LogP contribution in [0.5, 0.6) is 0 Å². The fraction of sp³-hybridized carbons (Fsp3) is 0.364. The smallest absolute Gasteiger partial charge is 0.282 e. The molecular formula is C11H11F3N2O. The van der Waals surface area contributed by atoms with E-state index in [1.54, 1.807) is 6.07 Å². The molecule has 0 bridgehead atoms. The van der Waals surface area contributed by atoms with Gasteiger partial charge in [0.1, 0.15) is 18.5 Å². The van der Waals surface area contributed by atoms with Gasteiger partial charge in [0.25, 0.3) is 5.92 Å². The summed E-state index contributed by atoms with van der Waals surface area (Å²) < 4.78 is 38.8. The Hall–Kier alpha value is -1.58. The average Bonchev–Trinajstić information content (AvgIpc) is 2.31. The number of nitrogens with one attached hydrogen (secondary N) is 1. The van der Waals surface area contributed by atoms with Gasteiger partial charge in [-0.3, -0.25) is 0 Å². The Morgan fingerprint density at radius 1 is 1.41 bits per heavy atom. The van der Waals surface area contributed by atoms with E-state index in [1.807, 2.05) is 0 Å². The normalized spacial score (nSPS) is 11.2. The van der Waals surface area contributed by atoms with Crippen molar-refractivity contribution in [1.29, 1.82) is 5.26 Å². The number of hydrogen-bond donors (Lipinski definition) is 2. The Balaban J connectivity index is 2.62. The summed E-state index contributed by atoms with van der Waals surface area (Å²) in [5.41, 5.74) is 0.0102. The zero-order valence-electron chi connectivity index (χ0n) is 8.88. The third-order valence-corrected chi connectivity index (χ3v) is 2.13. The second-order valence-electron chi connectivity index (χ2n) is 3.51. The Morgan fingerprint density at radius 3 is 2.71 bits per heavy atom. The second-order valence-corrected chi connectivity index (χ2v) is 3.51. The standard InChI is InChI=1S/C11H11F3N2O/c12-10-8(4-15)2-1-3-9(10)5-16-6-11(13,14)7-17/h1-3,16-17H,5-7H2. The Labute approximate surface area is 96.5 Å². The van der Waals surface area contributed by atoms with Crippen molar-refractivity contribution in [2.24, 2.45) is 0 Å². The van der Waals surface area contributed by atoms with E-state index < -0.39 is 24.9 Å². The zero-order chi connectivity index (χ0) is 12.9. The molecule has 0 aliphatic heterocycles. The molecule has 0 spiro atoms. The molecule has 0 radical (unpaired) electrons. The molecule has 0 aromatic heterocycles. The molecule has 1 aromatic rings. The molecular weight excluding hydrogens is 233 g/mol. The fourth-order valence-corrected chi connectivity index (χ4v) is 1.24. The largest absolute Gasteiger partial charge is 0.390 e. The molecule has 0 saturated heterocycles. The number of hydrogen-bond acceptors (Lipinski definition) is 3. The minimum Gasteiger partial charge on any atom is -0.390 e. The molecule has 0 fully saturated rings. The van der Waals surface area contributed by atoms with Crippen molar-refractivity contribution in [2.75, 3.05) is 13.2 Å². The number of nitrogens with zero attached hydrogens (tertiary/aromatic N) is 1. The molecule has 0 aliphatic carbocycles. The van der Waals surface area contributed by atoms with Crippen LogP contribution in [0.4, 0.5) is 13.2 Å². The number of aliphatic hydroxyl groups is 1. The van der Waals surface area contributed by atoms with Crippen molar-refractivity contribution in [3.63, 3.8) is 0 Å². The third-order valence-electron chi connectivity index (χ3n) is 2.13. The first-order chi connectivity index (χ1) is 8.00. The lowest BCUT2D eigenvalue weighted by Crippen LogP contribution is -2.35. The number of benzene rings is 1. The number of alkyl halides is 2. The van der Waals surface area contributed by atoms with Gasteiger partial charge < -0.3 is 10.4 Å². The summed E-state index contributed by atoms with van der Waals surface area (Å²) in [7, 11) is 0. The summed E-state index contributed by atoms with van der Waals surface area (Å²) in [5, 5.41) is 19.2. The zero-order valence-corrected chi connectivity index (χ0v) is 8.88. The van der Waals surface area contributed by atoms with E-state index in [9.17, 15) is 13.2 Å². The van der Waals surface area contributed by atoms with Crippen molar-refractivity contribution in [2.45, 2.75) is 12.5 Å². The highest BCUT2D eigenvalue weighted by Gasteiger charge is 2.26. The van der Waals surface area contributed by atoms with E-state index >= 15 is 0 Å². The average molecular weight is 244 g/mol. The SMILES string of the molecule is N#Cc1cccc(CNCC(F)(F)CO)c1F. The summed E-state index contributed by atoms with van der Waals surface area (Å²) in [6, 6.07) is 5.85. The predicted molar refractivity (Wildman–Crippen MR) is 54.9 cm³/mol. The van der Waals surface area contributed by atoms with Crippen molar-refractivity contribution < 1.29 is 18.3 Å². The minimum absolute atomic E-state index is 0.127. The maximum absolute atomic E-state index is 13.5. The maximum atomic E-state index is 13.5. The van der Waals surface area contributed by atoms with Crippen LogP contribution >= 0.6 is 0 Å².